The van der Waals surface area contributed by atoms with Gasteiger partial charge in [-0.1, -0.05) is 6.07 Å². The van der Waals surface area contributed by atoms with Crippen molar-refractivity contribution in [3.63, 3.8) is 0 Å². The second-order valence-electron chi connectivity index (χ2n) is 6.66. The maximum absolute atomic E-state index is 10.3. The molecule has 0 spiro atoms. The standard InChI is InChI=1S/C20H22N6O2/c1-11-4-6-14(27)12(2)17(11)26-19-13(16-18(21)23-10-24-20(16)26)5-7-15(25-19)22-8-9-28-3/h4-7,10,27H,8-9H2,1-3H3,(H,22,25)(H2,21,23,24). The molecular weight excluding hydrogens is 356 g/mol. The average Bonchev–Trinajstić information content (AvgIpc) is 3.00. The van der Waals surface area contributed by atoms with Crippen LogP contribution < -0.4 is 11.1 Å². The summed E-state index contributed by atoms with van der Waals surface area (Å²) in [5, 5.41) is 15.2. The maximum Gasteiger partial charge on any atom is 0.152 e. The van der Waals surface area contributed by atoms with E-state index in [9.17, 15) is 5.11 Å². The first-order chi connectivity index (χ1) is 13.5. The summed E-state index contributed by atoms with van der Waals surface area (Å²) < 4.78 is 7.03. The summed E-state index contributed by atoms with van der Waals surface area (Å²) in [7, 11) is 1.66. The van der Waals surface area contributed by atoms with Crippen LogP contribution in [0.15, 0.2) is 30.6 Å². The molecule has 4 N–H and O–H groups in total. The molecule has 4 rings (SSSR count). The van der Waals surface area contributed by atoms with Crippen molar-refractivity contribution in [2.24, 2.45) is 0 Å². The number of nitrogens with two attached hydrogens (primary N) is 1. The summed E-state index contributed by atoms with van der Waals surface area (Å²) in [6, 6.07) is 7.43. The number of methoxy groups -OCH3 is 1. The highest BCUT2D eigenvalue weighted by molar-refractivity contribution is 6.11. The average molecular weight is 378 g/mol. The molecule has 8 nitrogen and oxygen atoms in total. The third-order valence-electron chi connectivity index (χ3n) is 4.86. The topological polar surface area (TPSA) is 111 Å². The first-order valence-corrected chi connectivity index (χ1v) is 8.97. The summed E-state index contributed by atoms with van der Waals surface area (Å²) in [6.07, 6.45) is 1.44. The number of anilines is 2. The number of ether oxygens (including phenoxy) is 1. The van der Waals surface area contributed by atoms with Gasteiger partial charge in [0.05, 0.1) is 17.7 Å². The van der Waals surface area contributed by atoms with E-state index in [0.717, 1.165) is 33.4 Å². The van der Waals surface area contributed by atoms with Gasteiger partial charge >= 0.3 is 0 Å². The molecule has 4 aromatic rings. The number of aromatic hydroxyl groups is 1. The normalized spacial score (nSPS) is 11.4. The fourth-order valence-corrected chi connectivity index (χ4v) is 3.49. The van der Waals surface area contributed by atoms with Crippen LogP contribution in [0.3, 0.4) is 0 Å². The van der Waals surface area contributed by atoms with E-state index in [1.54, 1.807) is 13.2 Å². The Hall–Kier alpha value is -3.39. The molecule has 0 aliphatic rings. The van der Waals surface area contributed by atoms with Crippen LogP contribution in [0, 0.1) is 13.8 Å². The van der Waals surface area contributed by atoms with E-state index < -0.39 is 0 Å². The minimum Gasteiger partial charge on any atom is -0.508 e. The van der Waals surface area contributed by atoms with E-state index in [4.69, 9.17) is 15.5 Å². The van der Waals surface area contributed by atoms with Gasteiger partial charge in [0.15, 0.2) is 5.65 Å². The van der Waals surface area contributed by atoms with Crippen molar-refractivity contribution >= 4 is 33.7 Å². The first-order valence-electron chi connectivity index (χ1n) is 8.97. The lowest BCUT2D eigenvalue weighted by molar-refractivity contribution is 0.210. The monoisotopic (exact) mass is 378 g/mol. The molecule has 0 bridgehead atoms. The van der Waals surface area contributed by atoms with Gasteiger partial charge in [-0.25, -0.2) is 15.0 Å². The summed E-state index contributed by atoms with van der Waals surface area (Å²) >= 11 is 0. The summed E-state index contributed by atoms with van der Waals surface area (Å²) in [4.78, 5) is 13.4. The SMILES string of the molecule is COCCNc1ccc2c3c(N)ncnc3n(-c3c(C)ccc(O)c3C)c2n1. The number of rotatable bonds is 5. The molecule has 0 fully saturated rings. The number of phenols is 1. The van der Waals surface area contributed by atoms with Crippen molar-refractivity contribution in [2.45, 2.75) is 13.8 Å². The zero-order chi connectivity index (χ0) is 19.8. The molecule has 28 heavy (non-hydrogen) atoms. The Morgan fingerprint density at radius 3 is 2.75 bits per heavy atom. The highest BCUT2D eigenvalue weighted by Gasteiger charge is 2.21. The third-order valence-corrected chi connectivity index (χ3v) is 4.86. The number of hydrogen-bond donors (Lipinski definition) is 3. The van der Waals surface area contributed by atoms with Crippen molar-refractivity contribution in [3.05, 3.63) is 41.7 Å². The van der Waals surface area contributed by atoms with Gasteiger partial charge in [-0.2, -0.15) is 0 Å². The van der Waals surface area contributed by atoms with E-state index >= 15 is 0 Å². The molecule has 0 radical (unpaired) electrons. The number of pyridine rings is 1. The molecule has 0 unspecified atom stereocenters. The van der Waals surface area contributed by atoms with Crippen LogP contribution in [0.1, 0.15) is 11.1 Å². The zero-order valence-electron chi connectivity index (χ0n) is 16.0. The van der Waals surface area contributed by atoms with Gasteiger partial charge in [-0.15, -0.1) is 0 Å². The van der Waals surface area contributed by atoms with Gasteiger partial charge in [-0.05, 0) is 37.6 Å². The Balaban J connectivity index is 2.06. The Bertz CT molecular complexity index is 1180. The first kappa shape index (κ1) is 18.0. The minimum atomic E-state index is 0.215. The van der Waals surface area contributed by atoms with E-state index in [1.807, 2.05) is 36.6 Å². The Labute approximate surface area is 162 Å². The van der Waals surface area contributed by atoms with E-state index in [2.05, 4.69) is 15.3 Å². The van der Waals surface area contributed by atoms with Gasteiger partial charge in [0.2, 0.25) is 0 Å². The predicted octanol–water partition coefficient (Wildman–Crippen LogP) is 2.93. The molecule has 3 aromatic heterocycles. The lowest BCUT2D eigenvalue weighted by Crippen LogP contribution is -2.09. The second kappa shape index (κ2) is 6.97. The fraction of sp³-hybridized carbons (Fsp3) is 0.250. The van der Waals surface area contributed by atoms with Crippen LogP contribution in [0.5, 0.6) is 5.75 Å². The maximum atomic E-state index is 10.3. The van der Waals surface area contributed by atoms with Gasteiger partial charge < -0.3 is 20.9 Å². The molecular formula is C20H22N6O2. The molecule has 0 atom stereocenters. The van der Waals surface area contributed by atoms with Crippen molar-refractivity contribution in [2.75, 3.05) is 31.3 Å². The molecule has 0 aliphatic carbocycles. The third kappa shape index (κ3) is 2.78. The number of nitrogens with zero attached hydrogens (tertiary/aromatic N) is 4. The van der Waals surface area contributed by atoms with E-state index in [0.29, 0.717) is 30.3 Å². The molecule has 0 amide bonds. The molecule has 0 aliphatic heterocycles. The summed E-state index contributed by atoms with van der Waals surface area (Å²) in [5.74, 6) is 1.33. The minimum absolute atomic E-state index is 0.215. The molecule has 0 saturated carbocycles. The number of benzene rings is 1. The number of aryl methyl sites for hydroxylation is 1. The zero-order valence-corrected chi connectivity index (χ0v) is 16.0. The summed E-state index contributed by atoms with van der Waals surface area (Å²) in [5.41, 5.74) is 10.1. The molecule has 0 saturated heterocycles. The Kier molecular flexibility index (Phi) is 4.48. The van der Waals surface area contributed by atoms with E-state index in [-0.39, 0.29) is 5.75 Å². The van der Waals surface area contributed by atoms with Gasteiger partial charge in [0.25, 0.3) is 0 Å². The molecule has 8 heteroatoms. The Morgan fingerprint density at radius 2 is 1.96 bits per heavy atom. The van der Waals surface area contributed by atoms with Crippen LogP contribution in [-0.2, 0) is 4.74 Å². The number of nitrogens with one attached hydrogen (secondary N) is 1. The predicted molar refractivity (Wildman–Crippen MR) is 110 cm³/mol. The van der Waals surface area contributed by atoms with Crippen LogP contribution >= 0.6 is 0 Å². The number of phenolic OH excluding ortho intramolecular Hbond substituents is 1. The quantitative estimate of drug-likeness (QED) is 0.458. The Morgan fingerprint density at radius 1 is 1.14 bits per heavy atom. The number of nitrogen functional groups attached to an aromatic ring is 1. The number of hydrogen-bond acceptors (Lipinski definition) is 7. The van der Waals surface area contributed by atoms with E-state index in [1.165, 1.54) is 6.33 Å². The second-order valence-corrected chi connectivity index (χ2v) is 6.66. The van der Waals surface area contributed by atoms with Crippen LogP contribution in [0.4, 0.5) is 11.6 Å². The summed E-state index contributed by atoms with van der Waals surface area (Å²) in [6.45, 7) is 5.08. The van der Waals surface area contributed by atoms with Crippen molar-refractivity contribution < 1.29 is 9.84 Å². The molecule has 144 valence electrons. The molecule has 3 heterocycles. The van der Waals surface area contributed by atoms with Gasteiger partial charge in [-0.3, -0.25) is 4.57 Å². The van der Waals surface area contributed by atoms with Crippen LogP contribution in [0.25, 0.3) is 27.8 Å². The van der Waals surface area contributed by atoms with Crippen LogP contribution in [-0.4, -0.2) is 44.9 Å². The lowest BCUT2D eigenvalue weighted by Gasteiger charge is -2.14. The van der Waals surface area contributed by atoms with Crippen molar-refractivity contribution in [3.8, 4) is 11.4 Å². The number of fused-ring (bicyclic) bond motifs is 3. The lowest BCUT2D eigenvalue weighted by atomic mass is 10.1. The van der Waals surface area contributed by atoms with Gasteiger partial charge in [0.1, 0.15) is 29.4 Å². The molecule has 1 aromatic carbocycles. The number of aromatic nitrogens is 4. The van der Waals surface area contributed by atoms with Gasteiger partial charge in [0, 0.05) is 24.6 Å². The van der Waals surface area contributed by atoms with Crippen molar-refractivity contribution in [1.29, 1.82) is 0 Å². The highest BCUT2D eigenvalue weighted by Crippen LogP contribution is 2.36. The smallest absolute Gasteiger partial charge is 0.152 e. The highest BCUT2D eigenvalue weighted by atomic mass is 16.5. The van der Waals surface area contributed by atoms with Crippen molar-refractivity contribution in [1.82, 2.24) is 19.5 Å². The van der Waals surface area contributed by atoms with Crippen LogP contribution in [0.2, 0.25) is 0 Å². The largest absolute Gasteiger partial charge is 0.508 e. The fourth-order valence-electron chi connectivity index (χ4n) is 3.49.